The fourth-order valence-corrected chi connectivity index (χ4v) is 3.86. The number of hydrogen-bond acceptors (Lipinski definition) is 4. The predicted molar refractivity (Wildman–Crippen MR) is 90.0 cm³/mol. The molecule has 1 aromatic carbocycles. The van der Waals surface area contributed by atoms with Gasteiger partial charge in [-0.05, 0) is 38.8 Å². The topological polar surface area (TPSA) is 75.7 Å². The summed E-state index contributed by atoms with van der Waals surface area (Å²) in [6.45, 7) is 4.76. The molecule has 0 saturated carbocycles. The van der Waals surface area contributed by atoms with Crippen LogP contribution >= 0.6 is 0 Å². The second kappa shape index (κ2) is 7.79. The van der Waals surface area contributed by atoms with Crippen LogP contribution in [-0.2, 0) is 14.8 Å². The molecular weight excluding hydrogens is 316 g/mol. The van der Waals surface area contributed by atoms with E-state index in [4.69, 9.17) is 4.74 Å². The van der Waals surface area contributed by atoms with Gasteiger partial charge in [-0.2, -0.15) is 0 Å². The molecule has 1 saturated heterocycles. The van der Waals surface area contributed by atoms with Crippen molar-refractivity contribution >= 4 is 21.6 Å². The molecule has 0 bridgehead atoms. The largest absolute Gasteiger partial charge is 0.492 e. The van der Waals surface area contributed by atoms with Crippen molar-refractivity contribution in [3.63, 3.8) is 0 Å². The molecule has 1 amide bonds. The molecule has 0 radical (unpaired) electrons. The fourth-order valence-electron chi connectivity index (χ4n) is 2.68. The predicted octanol–water partition coefficient (Wildman–Crippen LogP) is 2.09. The van der Waals surface area contributed by atoms with Crippen molar-refractivity contribution in [2.24, 2.45) is 5.92 Å². The van der Waals surface area contributed by atoms with Crippen LogP contribution in [0.25, 0.3) is 0 Å². The zero-order valence-corrected chi connectivity index (χ0v) is 14.4. The summed E-state index contributed by atoms with van der Waals surface area (Å²) in [4.78, 5) is 12.5. The molecule has 1 heterocycles. The number of carbonyl (C=O) groups is 1. The van der Waals surface area contributed by atoms with Crippen LogP contribution in [0.4, 0.5) is 5.69 Å². The van der Waals surface area contributed by atoms with Gasteiger partial charge in [0.1, 0.15) is 5.75 Å². The Kier molecular flexibility index (Phi) is 6.01. The minimum absolute atomic E-state index is 0.0640. The molecule has 1 N–H and O–H groups in total. The van der Waals surface area contributed by atoms with Gasteiger partial charge in [0.15, 0.2) is 0 Å². The molecule has 0 aliphatic carbocycles. The molecule has 1 aliphatic heterocycles. The Morgan fingerprint density at radius 3 is 2.78 bits per heavy atom. The summed E-state index contributed by atoms with van der Waals surface area (Å²) >= 11 is 0. The number of para-hydroxylation sites is 2. The molecule has 128 valence electrons. The molecule has 0 unspecified atom stereocenters. The van der Waals surface area contributed by atoms with Crippen molar-refractivity contribution in [2.45, 2.75) is 26.7 Å². The van der Waals surface area contributed by atoms with Gasteiger partial charge in [0.05, 0.1) is 24.0 Å². The minimum Gasteiger partial charge on any atom is -0.492 e. The van der Waals surface area contributed by atoms with E-state index in [0.29, 0.717) is 37.4 Å². The first-order valence-corrected chi connectivity index (χ1v) is 9.59. The van der Waals surface area contributed by atoms with E-state index in [1.165, 1.54) is 4.31 Å². The van der Waals surface area contributed by atoms with Gasteiger partial charge in [-0.3, -0.25) is 4.79 Å². The minimum atomic E-state index is -3.25. The molecule has 2 rings (SSSR count). The quantitative estimate of drug-likeness (QED) is 0.860. The molecule has 0 spiro atoms. The third-order valence-corrected chi connectivity index (χ3v) is 5.81. The second-order valence-corrected chi connectivity index (χ2v) is 7.77. The second-order valence-electron chi connectivity index (χ2n) is 5.52. The van der Waals surface area contributed by atoms with Gasteiger partial charge in [-0.25, -0.2) is 12.7 Å². The first kappa shape index (κ1) is 17.7. The summed E-state index contributed by atoms with van der Waals surface area (Å²) in [7, 11) is -3.25. The average molecular weight is 340 g/mol. The Hall–Kier alpha value is -1.60. The number of nitrogens with zero attached hydrogens (tertiary/aromatic N) is 1. The summed E-state index contributed by atoms with van der Waals surface area (Å²) in [5.41, 5.74) is 0.620. The maximum Gasteiger partial charge on any atom is 0.228 e. The number of nitrogens with one attached hydrogen (secondary N) is 1. The van der Waals surface area contributed by atoms with Crippen LogP contribution in [0.5, 0.6) is 5.75 Å². The van der Waals surface area contributed by atoms with Crippen LogP contribution in [-0.4, -0.2) is 44.1 Å². The highest BCUT2D eigenvalue weighted by molar-refractivity contribution is 7.89. The van der Waals surface area contributed by atoms with Gasteiger partial charge >= 0.3 is 0 Å². The number of anilines is 1. The normalized spacial score (nSPS) is 19.3. The van der Waals surface area contributed by atoms with E-state index in [9.17, 15) is 13.2 Å². The maximum absolute atomic E-state index is 12.5. The average Bonchev–Trinajstić information content (AvgIpc) is 2.57. The molecule has 1 aliphatic rings. The van der Waals surface area contributed by atoms with Crippen LogP contribution < -0.4 is 10.1 Å². The van der Waals surface area contributed by atoms with Crippen molar-refractivity contribution < 1.29 is 17.9 Å². The monoisotopic (exact) mass is 340 g/mol. The summed E-state index contributed by atoms with van der Waals surface area (Å²) in [5, 5.41) is 2.87. The van der Waals surface area contributed by atoms with Crippen molar-refractivity contribution in [2.75, 3.05) is 30.8 Å². The van der Waals surface area contributed by atoms with Crippen molar-refractivity contribution in [1.82, 2.24) is 4.31 Å². The molecule has 0 aromatic heterocycles. The number of piperidine rings is 1. The van der Waals surface area contributed by atoms with Gasteiger partial charge in [-0.15, -0.1) is 0 Å². The van der Waals surface area contributed by atoms with Gasteiger partial charge in [-0.1, -0.05) is 12.1 Å². The third-order valence-electron chi connectivity index (χ3n) is 3.96. The number of rotatable bonds is 6. The molecule has 1 aromatic rings. The van der Waals surface area contributed by atoms with Gasteiger partial charge in [0, 0.05) is 13.1 Å². The van der Waals surface area contributed by atoms with Crippen LogP contribution in [0.15, 0.2) is 24.3 Å². The number of carbonyl (C=O) groups excluding carboxylic acids is 1. The summed E-state index contributed by atoms with van der Waals surface area (Å²) in [6.07, 6.45) is 1.39. The highest BCUT2D eigenvalue weighted by Crippen LogP contribution is 2.26. The first-order chi connectivity index (χ1) is 11.0. The van der Waals surface area contributed by atoms with Crippen molar-refractivity contribution in [3.8, 4) is 5.75 Å². The lowest BCUT2D eigenvalue weighted by molar-refractivity contribution is -0.120. The van der Waals surface area contributed by atoms with E-state index in [1.807, 2.05) is 19.1 Å². The lowest BCUT2D eigenvalue weighted by Gasteiger charge is -2.31. The third kappa shape index (κ3) is 4.45. The Bertz CT molecular complexity index is 645. The van der Waals surface area contributed by atoms with E-state index in [1.54, 1.807) is 19.1 Å². The Balaban J connectivity index is 2.06. The number of benzene rings is 1. The Morgan fingerprint density at radius 1 is 1.35 bits per heavy atom. The van der Waals surface area contributed by atoms with Crippen molar-refractivity contribution in [1.29, 1.82) is 0 Å². The van der Waals surface area contributed by atoms with Gasteiger partial charge in [0.2, 0.25) is 15.9 Å². The summed E-state index contributed by atoms with van der Waals surface area (Å²) in [5.74, 6) is 0.194. The zero-order chi connectivity index (χ0) is 16.9. The molecular formula is C16H24N2O4S. The zero-order valence-electron chi connectivity index (χ0n) is 13.6. The lowest BCUT2D eigenvalue weighted by Crippen LogP contribution is -2.44. The number of amides is 1. The highest BCUT2D eigenvalue weighted by Gasteiger charge is 2.31. The molecule has 6 nitrogen and oxygen atoms in total. The van der Waals surface area contributed by atoms with E-state index < -0.39 is 10.0 Å². The van der Waals surface area contributed by atoms with Gasteiger partial charge in [0.25, 0.3) is 0 Å². The van der Waals surface area contributed by atoms with Crippen molar-refractivity contribution in [3.05, 3.63) is 24.3 Å². The molecule has 1 atom stereocenters. The van der Waals surface area contributed by atoms with E-state index in [0.717, 1.165) is 0 Å². The van der Waals surface area contributed by atoms with Gasteiger partial charge < -0.3 is 10.1 Å². The first-order valence-electron chi connectivity index (χ1n) is 7.98. The van der Waals surface area contributed by atoms with Crippen LogP contribution in [0.2, 0.25) is 0 Å². The van der Waals surface area contributed by atoms with E-state index >= 15 is 0 Å². The molecule has 7 heteroatoms. The fraction of sp³-hybridized carbons (Fsp3) is 0.562. The number of sulfonamides is 1. The van der Waals surface area contributed by atoms with Crippen LogP contribution in [0, 0.1) is 5.92 Å². The number of ether oxygens (including phenoxy) is 1. The molecule has 1 fully saturated rings. The smallest absolute Gasteiger partial charge is 0.228 e. The van der Waals surface area contributed by atoms with Crippen LogP contribution in [0.3, 0.4) is 0 Å². The van der Waals surface area contributed by atoms with E-state index in [-0.39, 0.29) is 24.1 Å². The highest BCUT2D eigenvalue weighted by atomic mass is 32.2. The molecule has 23 heavy (non-hydrogen) atoms. The van der Waals surface area contributed by atoms with E-state index in [2.05, 4.69) is 5.32 Å². The van der Waals surface area contributed by atoms with Crippen LogP contribution in [0.1, 0.15) is 26.7 Å². The number of hydrogen-bond donors (Lipinski definition) is 1. The SMILES string of the molecule is CCOc1ccccc1NC(=O)[C@H]1CCCN(S(=O)(=O)CC)C1. The summed E-state index contributed by atoms with van der Waals surface area (Å²) < 4.78 is 30.9. The summed E-state index contributed by atoms with van der Waals surface area (Å²) in [6, 6.07) is 7.25. The Labute approximate surface area is 137 Å². The Morgan fingerprint density at radius 2 is 2.09 bits per heavy atom. The maximum atomic E-state index is 12.5. The standard InChI is InChI=1S/C16H24N2O4S/c1-3-22-15-10-6-5-9-14(15)17-16(19)13-8-7-11-18(12-13)23(20,21)4-2/h5-6,9-10,13H,3-4,7-8,11-12H2,1-2H3,(H,17,19)/t13-/m0/s1. The lowest BCUT2D eigenvalue weighted by atomic mass is 9.98.